The first-order valence-electron chi connectivity index (χ1n) is 25.3. The van der Waals surface area contributed by atoms with Crippen molar-refractivity contribution in [1.29, 1.82) is 0 Å². The molecule has 346 valence electrons. The molecular weight excluding hydrogens is 745 g/mol. The Kier molecular flexibility index (Phi) is 46.4. The van der Waals surface area contributed by atoms with Crippen molar-refractivity contribution in [3.63, 3.8) is 0 Å². The van der Waals surface area contributed by atoms with Crippen LogP contribution in [-0.4, -0.2) is 37.2 Å². The number of rotatable bonds is 45. The van der Waals surface area contributed by atoms with Crippen molar-refractivity contribution in [3.8, 4) is 0 Å². The van der Waals surface area contributed by atoms with Gasteiger partial charge in [0.05, 0.1) is 0 Å². The molecule has 60 heavy (non-hydrogen) atoms. The SMILES string of the molecule is CC/C=C\C/C=C\C/C=C\CCCCCCC(=O)OC(COC(=O)CCCCC/C=C\C=C/CCCCCCCCC)COC(=O)CCCCCCCCCCCCCC. The lowest BCUT2D eigenvalue weighted by Crippen LogP contribution is -2.30. The minimum atomic E-state index is -0.793. The number of carbonyl (C=O) groups excluding carboxylic acids is 3. The van der Waals surface area contributed by atoms with Crippen LogP contribution in [0.2, 0.25) is 0 Å². The van der Waals surface area contributed by atoms with Crippen molar-refractivity contribution in [2.75, 3.05) is 13.2 Å². The second kappa shape index (κ2) is 48.8. The number of esters is 3. The number of hydrogen-bond donors (Lipinski definition) is 0. The maximum Gasteiger partial charge on any atom is 0.306 e. The van der Waals surface area contributed by atoms with Crippen LogP contribution >= 0.6 is 0 Å². The molecule has 0 aliphatic heterocycles. The standard InChI is InChI=1S/C54H94O6/c1-4-7-10-13-16-19-22-25-27-28-30-32-35-38-41-44-47-53(56)59-50-51(49-58-52(55)46-43-40-37-34-31-24-21-18-15-12-9-6-3)60-54(57)48-45-42-39-36-33-29-26-23-20-17-14-11-8-5-2/h8,11,17,20,26-30,32,51H,4-7,9-10,12-16,18-19,21-25,31,33-50H2,1-3H3/b11-8-,20-17-,28-27-,29-26-,32-30-. The van der Waals surface area contributed by atoms with Gasteiger partial charge in [-0.05, 0) is 77.0 Å². The van der Waals surface area contributed by atoms with Gasteiger partial charge in [-0.15, -0.1) is 0 Å². The first-order chi connectivity index (χ1) is 29.5. The molecule has 0 fully saturated rings. The van der Waals surface area contributed by atoms with E-state index < -0.39 is 6.10 Å². The van der Waals surface area contributed by atoms with Crippen LogP contribution in [0.5, 0.6) is 0 Å². The minimum absolute atomic E-state index is 0.0904. The van der Waals surface area contributed by atoms with E-state index in [0.29, 0.717) is 19.3 Å². The number of carbonyl (C=O) groups is 3. The topological polar surface area (TPSA) is 78.9 Å². The van der Waals surface area contributed by atoms with E-state index >= 15 is 0 Å². The summed E-state index contributed by atoms with van der Waals surface area (Å²) in [6.07, 6.45) is 59.2. The Hall–Kier alpha value is -2.89. The van der Waals surface area contributed by atoms with Gasteiger partial charge in [0.25, 0.3) is 0 Å². The fourth-order valence-electron chi connectivity index (χ4n) is 6.98. The maximum atomic E-state index is 12.8. The molecule has 0 amide bonds. The van der Waals surface area contributed by atoms with Gasteiger partial charge in [-0.2, -0.15) is 0 Å². The lowest BCUT2D eigenvalue weighted by molar-refractivity contribution is -0.167. The third-order valence-corrected chi connectivity index (χ3v) is 10.8. The third-order valence-electron chi connectivity index (χ3n) is 10.8. The van der Waals surface area contributed by atoms with E-state index in [1.165, 1.54) is 103 Å². The Morgan fingerprint density at radius 1 is 0.367 bits per heavy atom. The van der Waals surface area contributed by atoms with Gasteiger partial charge in [0, 0.05) is 19.3 Å². The van der Waals surface area contributed by atoms with Gasteiger partial charge in [0.1, 0.15) is 13.2 Å². The minimum Gasteiger partial charge on any atom is -0.462 e. The van der Waals surface area contributed by atoms with Gasteiger partial charge in [0.2, 0.25) is 0 Å². The molecule has 0 rings (SSSR count). The summed E-state index contributed by atoms with van der Waals surface area (Å²) in [7, 11) is 0. The highest BCUT2D eigenvalue weighted by molar-refractivity contribution is 5.71. The Labute approximate surface area is 370 Å². The van der Waals surface area contributed by atoms with Crippen LogP contribution in [-0.2, 0) is 28.6 Å². The fourth-order valence-corrected chi connectivity index (χ4v) is 6.98. The summed E-state index contributed by atoms with van der Waals surface area (Å²) in [6, 6.07) is 0. The van der Waals surface area contributed by atoms with E-state index in [-0.39, 0.29) is 31.1 Å². The van der Waals surface area contributed by atoms with Crippen LogP contribution in [0.25, 0.3) is 0 Å². The molecule has 0 saturated heterocycles. The summed E-state index contributed by atoms with van der Waals surface area (Å²) in [6.45, 7) is 6.48. The van der Waals surface area contributed by atoms with Gasteiger partial charge in [0.15, 0.2) is 6.10 Å². The zero-order valence-corrected chi connectivity index (χ0v) is 39.5. The molecule has 0 aliphatic carbocycles. The maximum absolute atomic E-state index is 12.8. The van der Waals surface area contributed by atoms with Gasteiger partial charge < -0.3 is 14.2 Å². The molecule has 0 N–H and O–H groups in total. The molecule has 0 aromatic heterocycles. The smallest absolute Gasteiger partial charge is 0.306 e. The van der Waals surface area contributed by atoms with E-state index in [9.17, 15) is 14.4 Å². The zero-order chi connectivity index (χ0) is 43.7. The van der Waals surface area contributed by atoms with Gasteiger partial charge in [-0.1, -0.05) is 210 Å². The Morgan fingerprint density at radius 3 is 1.13 bits per heavy atom. The first-order valence-corrected chi connectivity index (χ1v) is 25.3. The monoisotopic (exact) mass is 839 g/mol. The van der Waals surface area contributed by atoms with E-state index in [1.807, 2.05) is 0 Å². The molecule has 0 aliphatic rings. The average Bonchev–Trinajstić information content (AvgIpc) is 3.24. The summed E-state index contributed by atoms with van der Waals surface area (Å²) in [5, 5.41) is 0. The van der Waals surface area contributed by atoms with E-state index in [2.05, 4.69) is 81.5 Å². The molecule has 0 aromatic carbocycles. The van der Waals surface area contributed by atoms with E-state index in [0.717, 1.165) is 103 Å². The van der Waals surface area contributed by atoms with Crippen molar-refractivity contribution < 1.29 is 28.6 Å². The average molecular weight is 839 g/mol. The zero-order valence-electron chi connectivity index (χ0n) is 39.5. The number of allylic oxidation sites excluding steroid dienone is 10. The Balaban J connectivity index is 4.44. The Morgan fingerprint density at radius 2 is 0.700 bits per heavy atom. The summed E-state index contributed by atoms with van der Waals surface area (Å²) < 4.78 is 16.7. The molecule has 0 heterocycles. The van der Waals surface area contributed by atoms with Crippen molar-refractivity contribution in [1.82, 2.24) is 0 Å². The van der Waals surface area contributed by atoms with Crippen molar-refractivity contribution in [2.24, 2.45) is 0 Å². The van der Waals surface area contributed by atoms with Gasteiger partial charge in [-0.3, -0.25) is 14.4 Å². The van der Waals surface area contributed by atoms with E-state index in [1.54, 1.807) is 0 Å². The lowest BCUT2D eigenvalue weighted by atomic mass is 10.0. The molecule has 1 atom stereocenters. The summed E-state index contributed by atoms with van der Waals surface area (Å²) in [5.41, 5.74) is 0. The molecule has 1 unspecified atom stereocenters. The van der Waals surface area contributed by atoms with Crippen LogP contribution in [0, 0.1) is 0 Å². The van der Waals surface area contributed by atoms with Crippen LogP contribution in [0.15, 0.2) is 60.8 Å². The molecule has 0 bridgehead atoms. The van der Waals surface area contributed by atoms with Crippen molar-refractivity contribution >= 4 is 17.9 Å². The molecule has 6 nitrogen and oxygen atoms in total. The Bertz CT molecular complexity index is 1100. The summed E-state index contributed by atoms with van der Waals surface area (Å²) in [5.74, 6) is -0.938. The van der Waals surface area contributed by atoms with Crippen LogP contribution in [0.1, 0.15) is 245 Å². The van der Waals surface area contributed by atoms with Crippen molar-refractivity contribution in [3.05, 3.63) is 60.8 Å². The predicted molar refractivity (Wildman–Crippen MR) is 256 cm³/mol. The highest BCUT2D eigenvalue weighted by atomic mass is 16.6. The number of hydrogen-bond acceptors (Lipinski definition) is 6. The quantitative estimate of drug-likeness (QED) is 0.0200. The second-order valence-corrected chi connectivity index (χ2v) is 16.7. The van der Waals surface area contributed by atoms with Gasteiger partial charge >= 0.3 is 17.9 Å². The summed E-state index contributed by atoms with van der Waals surface area (Å²) >= 11 is 0. The summed E-state index contributed by atoms with van der Waals surface area (Å²) in [4.78, 5) is 37.9. The highest BCUT2D eigenvalue weighted by Crippen LogP contribution is 2.14. The lowest BCUT2D eigenvalue weighted by Gasteiger charge is -2.18. The normalized spacial score (nSPS) is 12.5. The first kappa shape index (κ1) is 57.1. The fraction of sp³-hybridized carbons (Fsp3) is 0.759. The second-order valence-electron chi connectivity index (χ2n) is 16.7. The van der Waals surface area contributed by atoms with E-state index in [4.69, 9.17) is 14.2 Å². The third kappa shape index (κ3) is 46.2. The van der Waals surface area contributed by atoms with Crippen molar-refractivity contribution in [2.45, 2.75) is 252 Å². The van der Waals surface area contributed by atoms with Crippen LogP contribution in [0.3, 0.4) is 0 Å². The predicted octanol–water partition coefficient (Wildman–Crippen LogP) is 16.5. The number of unbranched alkanes of at least 4 members (excludes halogenated alkanes) is 25. The largest absolute Gasteiger partial charge is 0.462 e. The van der Waals surface area contributed by atoms with Crippen LogP contribution < -0.4 is 0 Å². The molecule has 6 heteroatoms. The van der Waals surface area contributed by atoms with Gasteiger partial charge in [-0.25, -0.2) is 0 Å². The number of ether oxygens (including phenoxy) is 3. The molecule has 0 spiro atoms. The molecular formula is C54H94O6. The highest BCUT2D eigenvalue weighted by Gasteiger charge is 2.19. The molecule has 0 radical (unpaired) electrons. The molecule has 0 saturated carbocycles. The molecule has 0 aromatic rings. The van der Waals surface area contributed by atoms with Crippen LogP contribution in [0.4, 0.5) is 0 Å².